The summed E-state index contributed by atoms with van der Waals surface area (Å²) < 4.78 is 7.22. The SMILES string of the molecule is Cn1c(N2CCOC(C(=O)c3ccccc3)C2)nc(-c2ccncc2)cc1=O. The predicted octanol–water partition coefficient (Wildman–Crippen LogP) is 1.93. The maximum absolute atomic E-state index is 12.8. The van der Waals surface area contributed by atoms with Crippen LogP contribution in [0.3, 0.4) is 0 Å². The maximum atomic E-state index is 12.8. The van der Waals surface area contributed by atoms with Crippen molar-refractivity contribution in [2.45, 2.75) is 6.10 Å². The van der Waals surface area contributed by atoms with Gasteiger partial charge in [-0.25, -0.2) is 4.98 Å². The fourth-order valence-electron chi connectivity index (χ4n) is 3.26. The fraction of sp³-hybridized carbons (Fsp3) is 0.238. The van der Waals surface area contributed by atoms with Crippen LogP contribution in [0, 0.1) is 0 Å². The van der Waals surface area contributed by atoms with Gasteiger partial charge in [-0.15, -0.1) is 0 Å². The quantitative estimate of drug-likeness (QED) is 0.648. The number of hydrogen-bond acceptors (Lipinski definition) is 6. The van der Waals surface area contributed by atoms with Crippen molar-refractivity contribution < 1.29 is 9.53 Å². The molecule has 1 aromatic carbocycles. The summed E-state index contributed by atoms with van der Waals surface area (Å²) >= 11 is 0. The zero-order valence-electron chi connectivity index (χ0n) is 15.5. The number of hydrogen-bond donors (Lipinski definition) is 0. The summed E-state index contributed by atoms with van der Waals surface area (Å²) in [5, 5.41) is 0. The second-order valence-corrected chi connectivity index (χ2v) is 6.61. The van der Waals surface area contributed by atoms with Gasteiger partial charge in [0.15, 0.2) is 5.78 Å². The van der Waals surface area contributed by atoms with E-state index in [4.69, 9.17) is 4.74 Å². The Morgan fingerprint density at radius 2 is 1.89 bits per heavy atom. The first-order valence-corrected chi connectivity index (χ1v) is 9.08. The standard InChI is InChI=1S/C21H20N4O3/c1-24-19(26)13-17(15-7-9-22-10-8-15)23-21(24)25-11-12-28-18(14-25)20(27)16-5-3-2-4-6-16/h2-10,13,18H,11-12,14H2,1H3. The third-order valence-corrected chi connectivity index (χ3v) is 4.79. The number of nitrogens with zero attached hydrogens (tertiary/aromatic N) is 4. The Balaban J connectivity index is 1.64. The van der Waals surface area contributed by atoms with Crippen LogP contribution in [0.15, 0.2) is 65.7 Å². The normalized spacial score (nSPS) is 16.8. The minimum absolute atomic E-state index is 0.0689. The highest BCUT2D eigenvalue weighted by Gasteiger charge is 2.29. The molecule has 0 amide bonds. The van der Waals surface area contributed by atoms with Crippen molar-refractivity contribution in [3.63, 3.8) is 0 Å². The summed E-state index contributed by atoms with van der Waals surface area (Å²) in [5.74, 6) is 0.453. The van der Waals surface area contributed by atoms with Crippen molar-refractivity contribution in [3.05, 3.63) is 76.8 Å². The molecule has 3 heterocycles. The van der Waals surface area contributed by atoms with Crippen molar-refractivity contribution in [1.29, 1.82) is 0 Å². The fourth-order valence-corrected chi connectivity index (χ4v) is 3.26. The van der Waals surface area contributed by atoms with Crippen LogP contribution in [0.4, 0.5) is 5.95 Å². The second-order valence-electron chi connectivity index (χ2n) is 6.61. The molecule has 3 aromatic rings. The molecule has 0 radical (unpaired) electrons. The molecule has 0 saturated carbocycles. The van der Waals surface area contributed by atoms with E-state index in [0.717, 1.165) is 5.56 Å². The lowest BCUT2D eigenvalue weighted by Crippen LogP contribution is -2.48. The molecule has 142 valence electrons. The van der Waals surface area contributed by atoms with Gasteiger partial charge in [0.25, 0.3) is 5.56 Å². The first kappa shape index (κ1) is 18.1. The first-order valence-electron chi connectivity index (χ1n) is 9.08. The summed E-state index contributed by atoms with van der Waals surface area (Å²) in [6, 6.07) is 14.2. The van der Waals surface area contributed by atoms with E-state index in [-0.39, 0.29) is 11.3 Å². The number of ketones is 1. The molecule has 7 heteroatoms. The highest BCUT2D eigenvalue weighted by Crippen LogP contribution is 2.20. The third-order valence-electron chi connectivity index (χ3n) is 4.79. The Kier molecular flexibility index (Phi) is 4.99. The van der Waals surface area contributed by atoms with Gasteiger partial charge in [0.05, 0.1) is 18.8 Å². The van der Waals surface area contributed by atoms with Gasteiger partial charge in [-0.3, -0.25) is 19.1 Å². The number of pyridine rings is 1. The number of aromatic nitrogens is 3. The van der Waals surface area contributed by atoms with Crippen molar-refractivity contribution in [1.82, 2.24) is 14.5 Å². The molecule has 1 aliphatic rings. The van der Waals surface area contributed by atoms with Crippen molar-refractivity contribution >= 4 is 11.7 Å². The molecule has 0 aliphatic carbocycles. The van der Waals surface area contributed by atoms with Crippen molar-refractivity contribution in [3.8, 4) is 11.3 Å². The van der Waals surface area contributed by atoms with Crippen molar-refractivity contribution in [2.24, 2.45) is 7.05 Å². The molecule has 2 aromatic heterocycles. The number of benzene rings is 1. The number of ether oxygens (including phenoxy) is 1. The molecule has 1 aliphatic heterocycles. The van der Waals surface area contributed by atoms with Gasteiger partial charge in [0, 0.05) is 43.2 Å². The molecule has 1 atom stereocenters. The Hall–Kier alpha value is -3.32. The molecule has 0 spiro atoms. The van der Waals surface area contributed by atoms with Crippen LogP contribution in [0.5, 0.6) is 0 Å². The minimum atomic E-state index is -0.599. The van der Waals surface area contributed by atoms with E-state index in [0.29, 0.717) is 36.9 Å². The Morgan fingerprint density at radius 3 is 2.64 bits per heavy atom. The smallest absolute Gasteiger partial charge is 0.255 e. The van der Waals surface area contributed by atoms with E-state index in [1.807, 2.05) is 35.2 Å². The zero-order chi connectivity index (χ0) is 19.5. The van der Waals surface area contributed by atoms with E-state index in [9.17, 15) is 9.59 Å². The molecular weight excluding hydrogens is 356 g/mol. The minimum Gasteiger partial charge on any atom is -0.366 e. The molecular formula is C21H20N4O3. The largest absolute Gasteiger partial charge is 0.366 e. The van der Waals surface area contributed by atoms with Gasteiger partial charge in [0.1, 0.15) is 6.10 Å². The third kappa shape index (κ3) is 3.57. The highest BCUT2D eigenvalue weighted by molar-refractivity contribution is 5.99. The Bertz CT molecular complexity index is 1030. The van der Waals surface area contributed by atoms with E-state index >= 15 is 0 Å². The molecule has 28 heavy (non-hydrogen) atoms. The van der Waals surface area contributed by atoms with Gasteiger partial charge in [0.2, 0.25) is 5.95 Å². The lowest BCUT2D eigenvalue weighted by Gasteiger charge is -2.33. The van der Waals surface area contributed by atoms with E-state index in [1.165, 1.54) is 10.6 Å². The monoisotopic (exact) mass is 376 g/mol. The first-order chi connectivity index (χ1) is 13.6. The summed E-state index contributed by atoms with van der Waals surface area (Å²) in [6.45, 7) is 1.28. The van der Waals surface area contributed by atoms with Crippen LogP contribution in [-0.2, 0) is 11.8 Å². The molecule has 0 bridgehead atoms. The van der Waals surface area contributed by atoms with Crippen LogP contribution in [-0.4, -0.2) is 46.1 Å². The summed E-state index contributed by atoms with van der Waals surface area (Å²) in [7, 11) is 1.69. The topological polar surface area (TPSA) is 77.3 Å². The summed E-state index contributed by atoms with van der Waals surface area (Å²) in [4.78, 5) is 35.9. The maximum Gasteiger partial charge on any atom is 0.255 e. The number of Topliss-reactive ketones (excluding diaryl/α,β-unsaturated/α-hetero) is 1. The number of rotatable bonds is 4. The summed E-state index contributed by atoms with van der Waals surface area (Å²) in [5.41, 5.74) is 1.85. The number of carbonyl (C=O) groups is 1. The number of carbonyl (C=O) groups excluding carboxylic acids is 1. The van der Waals surface area contributed by atoms with Crippen LogP contribution in [0.25, 0.3) is 11.3 Å². The van der Waals surface area contributed by atoms with Crippen LogP contribution in [0.1, 0.15) is 10.4 Å². The van der Waals surface area contributed by atoms with Crippen molar-refractivity contribution in [2.75, 3.05) is 24.6 Å². The molecule has 1 fully saturated rings. The second kappa shape index (κ2) is 7.74. The average molecular weight is 376 g/mol. The lowest BCUT2D eigenvalue weighted by atomic mass is 10.1. The average Bonchev–Trinajstić information content (AvgIpc) is 2.76. The van der Waals surface area contributed by atoms with E-state index < -0.39 is 6.10 Å². The van der Waals surface area contributed by atoms with E-state index in [1.54, 1.807) is 31.6 Å². The Labute approximate surface area is 162 Å². The molecule has 1 saturated heterocycles. The zero-order valence-corrected chi connectivity index (χ0v) is 15.5. The highest BCUT2D eigenvalue weighted by atomic mass is 16.5. The Morgan fingerprint density at radius 1 is 1.14 bits per heavy atom. The van der Waals surface area contributed by atoms with E-state index in [2.05, 4.69) is 9.97 Å². The van der Waals surface area contributed by atoms with Gasteiger partial charge in [-0.1, -0.05) is 30.3 Å². The predicted molar refractivity (Wildman–Crippen MR) is 105 cm³/mol. The van der Waals surface area contributed by atoms with Gasteiger partial charge in [-0.05, 0) is 12.1 Å². The van der Waals surface area contributed by atoms with Crippen LogP contribution < -0.4 is 10.5 Å². The number of anilines is 1. The lowest BCUT2D eigenvalue weighted by molar-refractivity contribution is 0.0337. The van der Waals surface area contributed by atoms with Crippen LogP contribution in [0.2, 0.25) is 0 Å². The van der Waals surface area contributed by atoms with Gasteiger partial charge < -0.3 is 9.64 Å². The van der Waals surface area contributed by atoms with Gasteiger partial charge in [-0.2, -0.15) is 0 Å². The van der Waals surface area contributed by atoms with Gasteiger partial charge >= 0.3 is 0 Å². The number of morpholine rings is 1. The summed E-state index contributed by atoms with van der Waals surface area (Å²) in [6.07, 6.45) is 2.73. The molecule has 4 rings (SSSR count). The molecule has 7 nitrogen and oxygen atoms in total. The molecule has 1 unspecified atom stereocenters. The molecule has 0 N–H and O–H groups in total. The van der Waals surface area contributed by atoms with Crippen LogP contribution >= 0.6 is 0 Å².